The lowest BCUT2D eigenvalue weighted by molar-refractivity contribution is 0.0900. The van der Waals surface area contributed by atoms with Gasteiger partial charge in [-0.1, -0.05) is 6.42 Å². The zero-order chi connectivity index (χ0) is 16.8. The van der Waals surface area contributed by atoms with E-state index in [0.717, 1.165) is 55.8 Å². The van der Waals surface area contributed by atoms with Gasteiger partial charge < -0.3 is 15.0 Å². The number of aromatic nitrogens is 1. The highest BCUT2D eigenvalue weighted by atomic mass is 16.5. The van der Waals surface area contributed by atoms with Crippen molar-refractivity contribution in [3.05, 3.63) is 23.9 Å². The van der Waals surface area contributed by atoms with Crippen LogP contribution in [0.2, 0.25) is 0 Å². The SMILES string of the molecule is O=C(N[C@@H]1C[C@H]2C[C@H]1[C@H]1CCC[C@@H]21)c1ccc(N2CCOCC2)nc1. The highest BCUT2D eigenvalue weighted by Crippen LogP contribution is 2.58. The molecule has 0 aromatic carbocycles. The van der Waals surface area contributed by atoms with E-state index in [1.54, 1.807) is 6.20 Å². The molecule has 3 saturated carbocycles. The number of carbonyl (C=O) groups excluding carboxylic acids is 1. The van der Waals surface area contributed by atoms with E-state index in [0.29, 0.717) is 11.6 Å². The first-order valence-electron chi connectivity index (χ1n) is 9.89. The number of nitrogens with zero attached hydrogens (tertiary/aromatic N) is 2. The summed E-state index contributed by atoms with van der Waals surface area (Å²) in [5.74, 6) is 4.42. The predicted octanol–water partition coefficient (Wildman–Crippen LogP) is 2.47. The standard InChI is InChI=1S/C20H27N3O2/c24-20(13-4-5-19(21-12-13)23-6-8-25-9-7-23)22-18-11-14-10-17(18)16-3-1-2-15(14)16/h4-5,12,14-18H,1-3,6-11H2,(H,22,24)/t14-,15+,16+,17+,18-/m1/s1. The first-order valence-corrected chi connectivity index (χ1v) is 9.89. The Bertz CT molecular complexity index is 641. The van der Waals surface area contributed by atoms with Crippen LogP contribution in [-0.4, -0.2) is 43.2 Å². The van der Waals surface area contributed by atoms with Crippen molar-refractivity contribution in [2.45, 2.75) is 38.1 Å². The van der Waals surface area contributed by atoms with Crippen molar-refractivity contribution in [1.82, 2.24) is 10.3 Å². The topological polar surface area (TPSA) is 54.5 Å². The molecule has 3 aliphatic carbocycles. The van der Waals surface area contributed by atoms with Crippen molar-refractivity contribution in [2.75, 3.05) is 31.2 Å². The van der Waals surface area contributed by atoms with Crippen LogP contribution in [0, 0.1) is 23.7 Å². The third-order valence-electron chi connectivity index (χ3n) is 7.09. The zero-order valence-electron chi connectivity index (χ0n) is 14.7. The lowest BCUT2D eigenvalue weighted by Crippen LogP contribution is -2.42. The molecule has 134 valence electrons. The number of nitrogens with one attached hydrogen (secondary N) is 1. The van der Waals surface area contributed by atoms with Crippen molar-refractivity contribution >= 4 is 11.7 Å². The quantitative estimate of drug-likeness (QED) is 0.918. The molecule has 4 fully saturated rings. The van der Waals surface area contributed by atoms with Crippen LogP contribution in [0.3, 0.4) is 0 Å². The lowest BCUT2D eigenvalue weighted by atomic mass is 9.79. The van der Waals surface area contributed by atoms with Gasteiger partial charge in [0, 0.05) is 25.3 Å². The molecule has 2 heterocycles. The smallest absolute Gasteiger partial charge is 0.253 e. The van der Waals surface area contributed by atoms with Crippen LogP contribution in [0.15, 0.2) is 18.3 Å². The van der Waals surface area contributed by atoms with Gasteiger partial charge in [0.2, 0.25) is 0 Å². The maximum absolute atomic E-state index is 12.7. The average molecular weight is 341 g/mol. The molecule has 1 amide bonds. The molecule has 1 saturated heterocycles. The van der Waals surface area contributed by atoms with E-state index in [2.05, 4.69) is 15.2 Å². The second-order valence-corrected chi connectivity index (χ2v) is 8.24. The Hall–Kier alpha value is -1.62. The Morgan fingerprint density at radius 3 is 2.76 bits per heavy atom. The summed E-state index contributed by atoms with van der Waals surface area (Å²) in [6.45, 7) is 3.23. The molecule has 5 rings (SSSR count). The third-order valence-corrected chi connectivity index (χ3v) is 7.09. The molecule has 2 bridgehead atoms. The highest BCUT2D eigenvalue weighted by molar-refractivity contribution is 5.94. The fraction of sp³-hybridized carbons (Fsp3) is 0.700. The minimum atomic E-state index is 0.0492. The van der Waals surface area contributed by atoms with Gasteiger partial charge in [-0.2, -0.15) is 0 Å². The molecule has 0 unspecified atom stereocenters. The number of carbonyl (C=O) groups is 1. The summed E-state index contributed by atoms with van der Waals surface area (Å²) in [7, 11) is 0. The summed E-state index contributed by atoms with van der Waals surface area (Å²) < 4.78 is 5.38. The zero-order valence-corrected chi connectivity index (χ0v) is 14.7. The van der Waals surface area contributed by atoms with Gasteiger partial charge in [-0.3, -0.25) is 4.79 Å². The molecule has 4 aliphatic rings. The van der Waals surface area contributed by atoms with Crippen LogP contribution >= 0.6 is 0 Å². The number of fused-ring (bicyclic) bond motifs is 5. The minimum absolute atomic E-state index is 0.0492. The van der Waals surface area contributed by atoms with E-state index in [1.165, 1.54) is 32.1 Å². The van der Waals surface area contributed by atoms with Crippen molar-refractivity contribution in [3.63, 3.8) is 0 Å². The normalized spacial score (nSPS) is 36.5. The van der Waals surface area contributed by atoms with Crippen molar-refractivity contribution < 1.29 is 9.53 Å². The molecule has 25 heavy (non-hydrogen) atoms. The molecule has 5 atom stereocenters. The summed E-state index contributed by atoms with van der Waals surface area (Å²) in [5, 5.41) is 3.33. The fourth-order valence-corrected chi connectivity index (χ4v) is 5.99. The fourth-order valence-electron chi connectivity index (χ4n) is 5.99. The minimum Gasteiger partial charge on any atom is -0.378 e. The van der Waals surface area contributed by atoms with Crippen LogP contribution in [0.1, 0.15) is 42.5 Å². The predicted molar refractivity (Wildman–Crippen MR) is 95.6 cm³/mol. The maximum Gasteiger partial charge on any atom is 0.253 e. The number of rotatable bonds is 3. The third kappa shape index (κ3) is 2.73. The van der Waals surface area contributed by atoms with Gasteiger partial charge in [-0.05, 0) is 61.5 Å². The van der Waals surface area contributed by atoms with Gasteiger partial charge in [0.15, 0.2) is 0 Å². The second-order valence-electron chi connectivity index (χ2n) is 8.24. The molecule has 5 nitrogen and oxygen atoms in total. The molecular weight excluding hydrogens is 314 g/mol. The molecule has 0 spiro atoms. The van der Waals surface area contributed by atoms with Crippen LogP contribution < -0.4 is 10.2 Å². The number of anilines is 1. The summed E-state index contributed by atoms with van der Waals surface area (Å²) in [5.41, 5.74) is 0.683. The monoisotopic (exact) mass is 341 g/mol. The number of pyridine rings is 1. The molecule has 5 heteroatoms. The summed E-state index contributed by atoms with van der Waals surface area (Å²) in [4.78, 5) is 19.4. The largest absolute Gasteiger partial charge is 0.378 e. The van der Waals surface area contributed by atoms with Crippen molar-refractivity contribution in [1.29, 1.82) is 0 Å². The number of morpholine rings is 1. The molecule has 1 N–H and O–H groups in total. The summed E-state index contributed by atoms with van der Waals surface area (Å²) in [6.07, 6.45) is 8.47. The Kier molecular flexibility index (Phi) is 3.92. The molecule has 1 aliphatic heterocycles. The molecule has 1 aromatic rings. The molecule has 0 radical (unpaired) electrons. The number of amides is 1. The Balaban J connectivity index is 1.23. The summed E-state index contributed by atoms with van der Waals surface area (Å²) in [6, 6.07) is 4.27. The van der Waals surface area contributed by atoms with Crippen LogP contribution in [0.4, 0.5) is 5.82 Å². The van der Waals surface area contributed by atoms with E-state index >= 15 is 0 Å². The maximum atomic E-state index is 12.7. The molecule has 1 aromatic heterocycles. The van der Waals surface area contributed by atoms with Gasteiger partial charge in [0.1, 0.15) is 5.82 Å². The second kappa shape index (κ2) is 6.27. The van der Waals surface area contributed by atoms with Gasteiger partial charge in [-0.25, -0.2) is 4.98 Å². The number of ether oxygens (including phenoxy) is 1. The average Bonchev–Trinajstić information content (AvgIpc) is 3.36. The van der Waals surface area contributed by atoms with Gasteiger partial charge in [0.25, 0.3) is 5.91 Å². The van der Waals surface area contributed by atoms with Gasteiger partial charge in [-0.15, -0.1) is 0 Å². The van der Waals surface area contributed by atoms with E-state index in [4.69, 9.17) is 4.74 Å². The van der Waals surface area contributed by atoms with Gasteiger partial charge >= 0.3 is 0 Å². The van der Waals surface area contributed by atoms with Crippen LogP contribution in [-0.2, 0) is 4.74 Å². The van der Waals surface area contributed by atoms with Gasteiger partial charge in [0.05, 0.1) is 18.8 Å². The van der Waals surface area contributed by atoms with Crippen molar-refractivity contribution in [3.8, 4) is 0 Å². The lowest BCUT2D eigenvalue weighted by Gasteiger charge is -2.32. The van der Waals surface area contributed by atoms with E-state index in [-0.39, 0.29) is 5.91 Å². The van der Waals surface area contributed by atoms with Crippen LogP contribution in [0.5, 0.6) is 0 Å². The first kappa shape index (κ1) is 15.6. The van der Waals surface area contributed by atoms with Crippen LogP contribution in [0.25, 0.3) is 0 Å². The highest BCUT2D eigenvalue weighted by Gasteiger charge is 2.54. The number of hydrogen-bond acceptors (Lipinski definition) is 4. The first-order chi connectivity index (χ1) is 12.3. The van der Waals surface area contributed by atoms with Crippen molar-refractivity contribution in [2.24, 2.45) is 23.7 Å². The Morgan fingerprint density at radius 2 is 1.96 bits per heavy atom. The Labute approximate surface area is 149 Å². The van der Waals surface area contributed by atoms with E-state index in [9.17, 15) is 4.79 Å². The molecular formula is C20H27N3O2. The van der Waals surface area contributed by atoms with E-state index < -0.39 is 0 Å². The summed E-state index contributed by atoms with van der Waals surface area (Å²) >= 11 is 0. The Morgan fingerprint density at radius 1 is 1.12 bits per heavy atom. The number of hydrogen-bond donors (Lipinski definition) is 1. The van der Waals surface area contributed by atoms with E-state index in [1.807, 2.05) is 12.1 Å².